The highest BCUT2D eigenvalue weighted by atomic mass is 32.2. The number of rotatable bonds is 2. The summed E-state index contributed by atoms with van der Waals surface area (Å²) >= 11 is 1.45. The van der Waals surface area contributed by atoms with E-state index in [9.17, 15) is 0 Å². The molecule has 2 N–H and O–H groups in total. The van der Waals surface area contributed by atoms with Gasteiger partial charge in [-0.1, -0.05) is 0 Å². The molecule has 0 aromatic heterocycles. The van der Waals surface area contributed by atoms with Gasteiger partial charge in [0.25, 0.3) is 0 Å². The maximum atomic E-state index is 5.27. The maximum Gasteiger partial charge on any atom is 0.0838 e. The lowest BCUT2D eigenvalue weighted by molar-refractivity contribution is 1.47. The molecule has 0 rings (SSSR count). The van der Waals surface area contributed by atoms with Gasteiger partial charge in [-0.2, -0.15) is 0 Å². The van der Waals surface area contributed by atoms with Crippen LogP contribution >= 0.6 is 11.8 Å². The van der Waals surface area contributed by atoms with Gasteiger partial charge in [-0.15, -0.1) is 11.8 Å². The first-order valence-electron chi connectivity index (χ1n) is 1.76. The van der Waals surface area contributed by atoms with Crippen molar-refractivity contribution >= 4 is 18.5 Å². The minimum atomic E-state index is 0.690. The van der Waals surface area contributed by atoms with Crippen LogP contribution in [-0.2, 0) is 0 Å². The van der Waals surface area contributed by atoms with Crippen LogP contribution in [0.3, 0.4) is 0 Å². The molecule has 0 heterocycles. The lowest BCUT2D eigenvalue weighted by Gasteiger charge is -1.86. The van der Waals surface area contributed by atoms with Crippen LogP contribution < -0.4 is 5.73 Å². The third kappa shape index (κ3) is 3.39. The van der Waals surface area contributed by atoms with Gasteiger partial charge >= 0.3 is 0 Å². The van der Waals surface area contributed by atoms with E-state index < -0.39 is 0 Å². The second kappa shape index (κ2) is 3.74. The Labute approximate surface area is 47.5 Å². The van der Waals surface area contributed by atoms with E-state index in [-0.39, 0.29) is 0 Å². The van der Waals surface area contributed by atoms with E-state index in [1.807, 2.05) is 6.26 Å². The summed E-state index contributed by atoms with van der Waals surface area (Å²) in [7, 11) is 0. The zero-order chi connectivity index (χ0) is 5.70. The molecule has 0 saturated carbocycles. The molecular formula is C4H8N2S. The van der Waals surface area contributed by atoms with Gasteiger partial charge in [0.15, 0.2) is 0 Å². The van der Waals surface area contributed by atoms with Crippen LogP contribution in [0.2, 0.25) is 0 Å². The molecule has 0 unspecified atom stereocenters. The summed E-state index contributed by atoms with van der Waals surface area (Å²) in [5, 5.41) is 0.690. The smallest absolute Gasteiger partial charge is 0.0838 e. The molecule has 0 amide bonds. The lowest BCUT2D eigenvalue weighted by Crippen LogP contribution is -1.87. The molecule has 0 aliphatic carbocycles. The zero-order valence-electron chi connectivity index (χ0n) is 4.22. The highest BCUT2D eigenvalue weighted by Crippen LogP contribution is 2.01. The molecule has 0 spiro atoms. The number of hydrogen-bond acceptors (Lipinski definition) is 3. The first kappa shape index (κ1) is 6.56. The number of nitrogens with zero attached hydrogens (tertiary/aromatic N) is 1. The van der Waals surface area contributed by atoms with E-state index in [1.165, 1.54) is 18.0 Å². The van der Waals surface area contributed by atoms with Crippen molar-refractivity contribution in [2.45, 2.75) is 0 Å². The molecule has 0 aromatic carbocycles. The molecule has 0 bridgehead atoms. The summed E-state index contributed by atoms with van der Waals surface area (Å²) in [4.78, 5) is 3.45. The number of hydrogen-bond donors (Lipinski definition) is 1. The first-order chi connectivity index (χ1) is 3.31. The van der Waals surface area contributed by atoms with Crippen molar-refractivity contribution in [3.8, 4) is 0 Å². The van der Waals surface area contributed by atoms with Crippen LogP contribution in [-0.4, -0.2) is 13.0 Å². The van der Waals surface area contributed by atoms with Crippen LogP contribution in [0.25, 0.3) is 0 Å². The van der Waals surface area contributed by atoms with Gasteiger partial charge in [0.05, 0.1) is 11.2 Å². The first-order valence-corrected chi connectivity index (χ1v) is 2.99. The third-order valence-corrected chi connectivity index (χ3v) is 1.03. The van der Waals surface area contributed by atoms with Gasteiger partial charge < -0.3 is 5.73 Å². The fourth-order valence-corrected chi connectivity index (χ4v) is 0.323. The van der Waals surface area contributed by atoms with E-state index in [4.69, 9.17) is 5.73 Å². The molecule has 2 nitrogen and oxygen atoms in total. The van der Waals surface area contributed by atoms with E-state index in [0.29, 0.717) is 5.03 Å². The fraction of sp³-hybridized carbons (Fsp3) is 0.250. The minimum Gasteiger partial charge on any atom is -0.392 e. The molecule has 0 saturated heterocycles. The van der Waals surface area contributed by atoms with Gasteiger partial charge in [0.2, 0.25) is 0 Å². The Morgan fingerprint density at radius 3 is 2.71 bits per heavy atom. The summed E-state index contributed by atoms with van der Waals surface area (Å²) in [5.74, 6) is 0. The van der Waals surface area contributed by atoms with Crippen LogP contribution in [0.15, 0.2) is 16.2 Å². The Kier molecular flexibility index (Phi) is 3.50. The van der Waals surface area contributed by atoms with Crippen molar-refractivity contribution in [3.05, 3.63) is 11.2 Å². The number of thioether (sulfide) groups is 1. The zero-order valence-corrected chi connectivity index (χ0v) is 5.03. The third-order valence-electron chi connectivity index (χ3n) is 0.454. The average Bonchev–Trinajstić information content (AvgIpc) is 1.68. The van der Waals surface area contributed by atoms with Gasteiger partial charge in [-0.3, -0.25) is 4.99 Å². The molecule has 0 atom stereocenters. The summed E-state index contributed by atoms with van der Waals surface area (Å²) in [5.41, 5.74) is 5.27. The Balaban J connectivity index is 3.49. The maximum absolute atomic E-state index is 5.27. The van der Waals surface area contributed by atoms with Gasteiger partial charge in [0.1, 0.15) is 0 Å². The molecule has 0 fully saturated rings. The number of nitrogens with two attached hydrogens (primary N) is 1. The van der Waals surface area contributed by atoms with Crippen molar-refractivity contribution in [2.24, 2.45) is 10.7 Å². The Bertz CT molecular complexity index is 87.7. The van der Waals surface area contributed by atoms with E-state index >= 15 is 0 Å². The SMILES string of the molecule is C=N/C=C(/N)SC. The summed E-state index contributed by atoms with van der Waals surface area (Å²) < 4.78 is 0. The van der Waals surface area contributed by atoms with Crippen molar-refractivity contribution in [3.63, 3.8) is 0 Å². The Morgan fingerprint density at radius 2 is 2.57 bits per heavy atom. The number of aliphatic imine (C=N–C) groups is 1. The van der Waals surface area contributed by atoms with Gasteiger partial charge in [-0.05, 0) is 13.0 Å². The molecule has 0 aliphatic rings. The van der Waals surface area contributed by atoms with Crippen LogP contribution in [0.1, 0.15) is 0 Å². The standard InChI is InChI=1S/C4H8N2S/c1-6-3-4(5)7-2/h3H,1,5H2,2H3/b4-3-. The fourth-order valence-electron chi connectivity index (χ4n) is 0.143. The van der Waals surface area contributed by atoms with Crippen LogP contribution in [0.5, 0.6) is 0 Å². The lowest BCUT2D eigenvalue weighted by atomic mass is 10.9. The minimum absolute atomic E-state index is 0.690. The van der Waals surface area contributed by atoms with Gasteiger partial charge in [-0.25, -0.2) is 0 Å². The molecule has 3 heteroatoms. The highest BCUT2D eigenvalue weighted by Gasteiger charge is 1.76. The quantitative estimate of drug-likeness (QED) is 0.542. The Morgan fingerprint density at radius 1 is 2.00 bits per heavy atom. The van der Waals surface area contributed by atoms with Crippen molar-refractivity contribution in [2.75, 3.05) is 6.26 Å². The second-order valence-electron chi connectivity index (χ2n) is 0.918. The van der Waals surface area contributed by atoms with Gasteiger partial charge in [0, 0.05) is 0 Å². The summed E-state index contributed by atoms with van der Waals surface area (Å²) in [6.07, 6.45) is 3.40. The van der Waals surface area contributed by atoms with Crippen LogP contribution in [0, 0.1) is 0 Å². The highest BCUT2D eigenvalue weighted by molar-refractivity contribution is 8.02. The van der Waals surface area contributed by atoms with Crippen molar-refractivity contribution < 1.29 is 0 Å². The monoisotopic (exact) mass is 116 g/mol. The van der Waals surface area contributed by atoms with Crippen molar-refractivity contribution in [1.82, 2.24) is 0 Å². The Hall–Kier alpha value is -0.440. The molecule has 0 aliphatic heterocycles. The van der Waals surface area contributed by atoms with E-state index in [1.54, 1.807) is 0 Å². The molecule has 7 heavy (non-hydrogen) atoms. The summed E-state index contributed by atoms with van der Waals surface area (Å²) in [6, 6.07) is 0. The van der Waals surface area contributed by atoms with E-state index in [2.05, 4.69) is 11.7 Å². The molecular weight excluding hydrogens is 108 g/mol. The van der Waals surface area contributed by atoms with Crippen molar-refractivity contribution in [1.29, 1.82) is 0 Å². The summed E-state index contributed by atoms with van der Waals surface area (Å²) in [6.45, 7) is 3.23. The molecule has 0 radical (unpaired) electrons. The molecule has 0 aromatic rings. The second-order valence-corrected chi connectivity index (χ2v) is 1.80. The normalized spacial score (nSPS) is 11.3. The largest absolute Gasteiger partial charge is 0.392 e. The average molecular weight is 116 g/mol. The topological polar surface area (TPSA) is 38.4 Å². The van der Waals surface area contributed by atoms with E-state index in [0.717, 1.165) is 0 Å². The van der Waals surface area contributed by atoms with Crippen LogP contribution in [0.4, 0.5) is 0 Å². The predicted octanol–water partition coefficient (Wildman–Crippen LogP) is 0.808. The predicted molar refractivity (Wildman–Crippen MR) is 35.3 cm³/mol. The molecule has 40 valence electrons.